The van der Waals surface area contributed by atoms with Crippen LogP contribution in [0.2, 0.25) is 0 Å². The molecule has 0 amide bonds. The predicted octanol–water partition coefficient (Wildman–Crippen LogP) is 2.82. The van der Waals surface area contributed by atoms with Crippen LogP contribution in [0.1, 0.15) is 39.2 Å². The molecule has 0 unspecified atom stereocenters. The van der Waals surface area contributed by atoms with E-state index in [-0.39, 0.29) is 11.2 Å². The van der Waals surface area contributed by atoms with E-state index in [1.54, 1.807) is 0 Å². The van der Waals surface area contributed by atoms with Crippen molar-refractivity contribution >= 4 is 5.96 Å². The zero-order valence-electron chi connectivity index (χ0n) is 12.5. The van der Waals surface area contributed by atoms with Crippen molar-refractivity contribution in [2.45, 2.75) is 45.1 Å². The van der Waals surface area contributed by atoms with E-state index in [4.69, 9.17) is 0 Å². The molecule has 0 aromatic heterocycles. The molecule has 1 aromatic rings. The number of aliphatic imine (C=N–C) groups is 1. The number of hydrogen-bond donors (Lipinski definition) is 2. The van der Waals surface area contributed by atoms with E-state index < -0.39 is 0 Å². The Kier molecular flexibility index (Phi) is 4.63. The van der Waals surface area contributed by atoms with Gasteiger partial charge in [0.2, 0.25) is 0 Å². The lowest BCUT2D eigenvalue weighted by molar-refractivity contribution is 0.622. The fourth-order valence-corrected chi connectivity index (χ4v) is 2.32. The Labute approximate surface area is 120 Å². The third kappa shape index (κ3) is 3.71. The van der Waals surface area contributed by atoms with Gasteiger partial charge < -0.3 is 10.6 Å². The van der Waals surface area contributed by atoms with Gasteiger partial charge in [0.25, 0.3) is 0 Å². The first kappa shape index (κ1) is 14.8. The fourth-order valence-electron chi connectivity index (χ4n) is 2.32. The molecule has 1 aliphatic rings. The standard InChI is InChI=1S/C16H24FN3/c1-4-18-15(20-12(2)3)19-11-16(9-10-16)13-5-7-14(17)8-6-13/h5-8,12H,4,9-11H2,1-3H3,(H2,18,19,20). The normalized spacial score (nSPS) is 17.1. The summed E-state index contributed by atoms with van der Waals surface area (Å²) in [5.41, 5.74) is 1.32. The van der Waals surface area contributed by atoms with Crippen LogP contribution in [0.15, 0.2) is 29.3 Å². The van der Waals surface area contributed by atoms with E-state index in [9.17, 15) is 4.39 Å². The van der Waals surface area contributed by atoms with Crippen LogP contribution in [-0.2, 0) is 5.41 Å². The molecule has 0 aliphatic heterocycles. The van der Waals surface area contributed by atoms with Crippen molar-refractivity contribution in [2.75, 3.05) is 13.1 Å². The molecule has 1 fully saturated rings. The molecule has 0 atom stereocenters. The van der Waals surface area contributed by atoms with Crippen LogP contribution in [0, 0.1) is 5.82 Å². The number of nitrogens with zero attached hydrogens (tertiary/aromatic N) is 1. The lowest BCUT2D eigenvalue weighted by Crippen LogP contribution is -2.41. The van der Waals surface area contributed by atoms with E-state index in [0.29, 0.717) is 6.04 Å². The van der Waals surface area contributed by atoms with Gasteiger partial charge >= 0.3 is 0 Å². The molecule has 20 heavy (non-hydrogen) atoms. The first-order valence-electron chi connectivity index (χ1n) is 7.36. The minimum atomic E-state index is -0.178. The molecule has 3 nitrogen and oxygen atoms in total. The van der Waals surface area contributed by atoms with Crippen LogP contribution in [0.25, 0.3) is 0 Å². The van der Waals surface area contributed by atoms with Crippen molar-refractivity contribution in [3.05, 3.63) is 35.6 Å². The third-order valence-electron chi connectivity index (χ3n) is 3.62. The number of rotatable bonds is 5. The molecular weight excluding hydrogens is 253 g/mol. The number of halogens is 1. The van der Waals surface area contributed by atoms with Gasteiger partial charge in [-0.3, -0.25) is 4.99 Å². The topological polar surface area (TPSA) is 36.4 Å². The van der Waals surface area contributed by atoms with Crippen LogP contribution in [0.5, 0.6) is 0 Å². The molecule has 0 saturated heterocycles. The molecule has 4 heteroatoms. The van der Waals surface area contributed by atoms with E-state index in [1.807, 2.05) is 12.1 Å². The highest BCUT2D eigenvalue weighted by Crippen LogP contribution is 2.48. The summed E-state index contributed by atoms with van der Waals surface area (Å²) < 4.78 is 13.0. The summed E-state index contributed by atoms with van der Waals surface area (Å²) in [7, 11) is 0. The van der Waals surface area contributed by atoms with Crippen LogP contribution in [0.4, 0.5) is 4.39 Å². The zero-order chi connectivity index (χ0) is 14.6. The SMILES string of the molecule is CCNC(=NCC1(c2ccc(F)cc2)CC1)NC(C)C. The lowest BCUT2D eigenvalue weighted by atomic mass is 9.96. The van der Waals surface area contributed by atoms with Gasteiger partial charge in [-0.2, -0.15) is 0 Å². The second-order valence-corrected chi connectivity index (χ2v) is 5.78. The summed E-state index contributed by atoms with van der Waals surface area (Å²) >= 11 is 0. The number of hydrogen-bond acceptors (Lipinski definition) is 1. The van der Waals surface area contributed by atoms with Gasteiger partial charge in [-0.1, -0.05) is 12.1 Å². The molecule has 2 rings (SSSR count). The summed E-state index contributed by atoms with van der Waals surface area (Å²) in [6, 6.07) is 7.21. The molecule has 1 aromatic carbocycles. The lowest BCUT2D eigenvalue weighted by Gasteiger charge is -2.17. The molecular formula is C16H24FN3. The van der Waals surface area contributed by atoms with Crippen molar-refractivity contribution in [1.29, 1.82) is 0 Å². The Hall–Kier alpha value is -1.58. The minimum absolute atomic E-state index is 0.118. The summed E-state index contributed by atoms with van der Waals surface area (Å²) in [6.45, 7) is 7.85. The number of nitrogens with one attached hydrogen (secondary N) is 2. The van der Waals surface area contributed by atoms with Crippen molar-refractivity contribution in [2.24, 2.45) is 4.99 Å². The summed E-state index contributed by atoms with van der Waals surface area (Å²) in [5, 5.41) is 6.57. The molecule has 2 N–H and O–H groups in total. The molecule has 0 heterocycles. The van der Waals surface area contributed by atoms with E-state index >= 15 is 0 Å². The highest BCUT2D eigenvalue weighted by molar-refractivity contribution is 5.80. The first-order chi connectivity index (χ1) is 9.55. The van der Waals surface area contributed by atoms with Crippen molar-refractivity contribution < 1.29 is 4.39 Å². The van der Waals surface area contributed by atoms with Gasteiger partial charge in [-0.05, 0) is 51.3 Å². The van der Waals surface area contributed by atoms with Gasteiger partial charge in [-0.25, -0.2) is 4.39 Å². The Bertz CT molecular complexity index is 461. The molecule has 1 aliphatic carbocycles. The molecule has 0 spiro atoms. The largest absolute Gasteiger partial charge is 0.357 e. The van der Waals surface area contributed by atoms with Gasteiger partial charge in [0.15, 0.2) is 5.96 Å². The van der Waals surface area contributed by atoms with Crippen molar-refractivity contribution in [3.63, 3.8) is 0 Å². The number of benzene rings is 1. The van der Waals surface area contributed by atoms with Crippen LogP contribution >= 0.6 is 0 Å². The van der Waals surface area contributed by atoms with Gasteiger partial charge in [0.05, 0.1) is 6.54 Å². The average Bonchev–Trinajstić information content (AvgIpc) is 3.18. The summed E-state index contributed by atoms with van der Waals surface area (Å²) in [6.07, 6.45) is 2.26. The van der Waals surface area contributed by atoms with Crippen molar-refractivity contribution in [1.82, 2.24) is 10.6 Å². The van der Waals surface area contributed by atoms with E-state index in [1.165, 1.54) is 17.7 Å². The summed E-state index contributed by atoms with van der Waals surface area (Å²) in [5.74, 6) is 0.679. The molecule has 110 valence electrons. The van der Waals surface area contributed by atoms with Gasteiger partial charge in [0.1, 0.15) is 5.82 Å². The minimum Gasteiger partial charge on any atom is -0.357 e. The summed E-state index contributed by atoms with van der Waals surface area (Å²) in [4.78, 5) is 4.69. The van der Waals surface area contributed by atoms with Gasteiger partial charge in [-0.15, -0.1) is 0 Å². The Morgan fingerprint density at radius 2 is 1.95 bits per heavy atom. The van der Waals surface area contributed by atoms with Crippen LogP contribution in [-0.4, -0.2) is 25.1 Å². The van der Waals surface area contributed by atoms with Crippen LogP contribution in [0.3, 0.4) is 0 Å². The maximum Gasteiger partial charge on any atom is 0.191 e. The first-order valence-corrected chi connectivity index (χ1v) is 7.36. The molecule has 0 bridgehead atoms. The predicted molar refractivity (Wildman–Crippen MR) is 81.6 cm³/mol. The molecule has 1 saturated carbocycles. The number of guanidine groups is 1. The Morgan fingerprint density at radius 1 is 1.30 bits per heavy atom. The van der Waals surface area contributed by atoms with E-state index in [0.717, 1.165) is 31.9 Å². The highest BCUT2D eigenvalue weighted by Gasteiger charge is 2.44. The second-order valence-electron chi connectivity index (χ2n) is 5.78. The quantitative estimate of drug-likeness (QED) is 0.641. The second kappa shape index (κ2) is 6.25. The Balaban J connectivity index is 2.05. The van der Waals surface area contributed by atoms with Gasteiger partial charge in [0, 0.05) is 18.0 Å². The van der Waals surface area contributed by atoms with E-state index in [2.05, 4.69) is 36.4 Å². The maximum atomic E-state index is 13.0. The Morgan fingerprint density at radius 3 is 2.45 bits per heavy atom. The maximum absolute atomic E-state index is 13.0. The highest BCUT2D eigenvalue weighted by atomic mass is 19.1. The smallest absolute Gasteiger partial charge is 0.191 e. The van der Waals surface area contributed by atoms with Crippen LogP contribution < -0.4 is 10.6 Å². The third-order valence-corrected chi connectivity index (χ3v) is 3.62. The monoisotopic (exact) mass is 277 g/mol. The molecule has 0 radical (unpaired) electrons. The fraction of sp³-hybridized carbons (Fsp3) is 0.562. The average molecular weight is 277 g/mol. The van der Waals surface area contributed by atoms with Crippen molar-refractivity contribution in [3.8, 4) is 0 Å². The zero-order valence-corrected chi connectivity index (χ0v) is 12.5.